The van der Waals surface area contributed by atoms with Crippen molar-refractivity contribution in [2.24, 2.45) is 0 Å². The number of carbonyl (C=O) groups is 1. The molecule has 7 heteroatoms. The summed E-state index contributed by atoms with van der Waals surface area (Å²) < 4.78 is 15.0. The quantitative estimate of drug-likeness (QED) is 0.786. The number of aliphatic hydroxyl groups is 1. The molecule has 0 unspecified atom stereocenters. The summed E-state index contributed by atoms with van der Waals surface area (Å²) in [5, 5.41) is 10.1. The van der Waals surface area contributed by atoms with Crippen molar-refractivity contribution in [1.82, 2.24) is 14.5 Å². The molecule has 0 atom stereocenters. The minimum Gasteiger partial charge on any atom is -0.390 e. The van der Waals surface area contributed by atoms with E-state index in [0.29, 0.717) is 23.1 Å². The Kier molecular flexibility index (Phi) is 6.68. The highest BCUT2D eigenvalue weighted by Gasteiger charge is 2.17. The Morgan fingerprint density at radius 3 is 2.50 bits per heavy atom. The molecular weight excluding hydrogens is 353 g/mol. The van der Waals surface area contributed by atoms with Crippen molar-refractivity contribution in [1.29, 1.82) is 0 Å². The number of likely N-dealkylation sites (tertiary alicyclic amines) is 1. The third kappa shape index (κ3) is 5.08. The van der Waals surface area contributed by atoms with E-state index in [1.54, 1.807) is 18.3 Å². The third-order valence-corrected chi connectivity index (χ3v) is 5.48. The number of hydrogen-bond acceptors (Lipinski definition) is 4. The fraction of sp³-hybridized carbons (Fsp3) is 0.474. The predicted molar refractivity (Wildman–Crippen MR) is 99.4 cm³/mol. The van der Waals surface area contributed by atoms with Crippen molar-refractivity contribution in [2.75, 3.05) is 18.8 Å². The van der Waals surface area contributed by atoms with Gasteiger partial charge in [0.25, 0.3) is 0 Å². The molecule has 1 aromatic heterocycles. The van der Waals surface area contributed by atoms with Crippen molar-refractivity contribution in [3.8, 4) is 0 Å². The van der Waals surface area contributed by atoms with Crippen molar-refractivity contribution < 1.29 is 14.3 Å². The van der Waals surface area contributed by atoms with Crippen LogP contribution in [0.1, 0.15) is 36.9 Å². The number of halogens is 1. The lowest BCUT2D eigenvalue weighted by molar-refractivity contribution is -0.128. The summed E-state index contributed by atoms with van der Waals surface area (Å²) in [4.78, 5) is 18.8. The molecular formula is C19H24FN3O2S. The molecule has 140 valence electrons. The summed E-state index contributed by atoms with van der Waals surface area (Å²) in [6.07, 6.45) is 6.31. The lowest BCUT2D eigenvalue weighted by atomic mass is 10.2. The van der Waals surface area contributed by atoms with Crippen LogP contribution in [0.5, 0.6) is 0 Å². The average molecular weight is 377 g/mol. The fourth-order valence-corrected chi connectivity index (χ4v) is 3.98. The predicted octanol–water partition coefficient (Wildman–Crippen LogP) is 3.06. The zero-order valence-corrected chi connectivity index (χ0v) is 15.6. The largest absolute Gasteiger partial charge is 0.390 e. The number of aromatic nitrogens is 2. The van der Waals surface area contributed by atoms with Gasteiger partial charge in [0, 0.05) is 25.8 Å². The molecule has 1 aliphatic rings. The molecule has 0 saturated carbocycles. The number of hydrogen-bond donors (Lipinski definition) is 1. The van der Waals surface area contributed by atoms with E-state index in [4.69, 9.17) is 0 Å². The average Bonchev–Trinajstić information content (AvgIpc) is 2.84. The minimum absolute atomic E-state index is 0.138. The maximum atomic E-state index is 13.1. The lowest BCUT2D eigenvalue weighted by Gasteiger charge is -2.20. The normalized spacial score (nSPS) is 15.1. The summed E-state index contributed by atoms with van der Waals surface area (Å²) in [5.74, 6) is 0.206. The molecule has 0 aliphatic carbocycles. The Hall–Kier alpha value is -1.86. The van der Waals surface area contributed by atoms with Crippen LogP contribution in [0.3, 0.4) is 0 Å². The van der Waals surface area contributed by atoms with Gasteiger partial charge in [-0.05, 0) is 30.5 Å². The summed E-state index contributed by atoms with van der Waals surface area (Å²) in [6.45, 7) is 2.05. The molecule has 0 bridgehead atoms. The van der Waals surface area contributed by atoms with Gasteiger partial charge in [-0.3, -0.25) is 4.79 Å². The highest BCUT2D eigenvalue weighted by atomic mass is 32.2. The molecule has 0 spiro atoms. The van der Waals surface area contributed by atoms with Crippen molar-refractivity contribution in [2.45, 2.75) is 44.0 Å². The Morgan fingerprint density at radius 1 is 1.15 bits per heavy atom. The molecule has 1 fully saturated rings. The van der Waals surface area contributed by atoms with Gasteiger partial charge in [0.1, 0.15) is 5.82 Å². The maximum absolute atomic E-state index is 13.1. The van der Waals surface area contributed by atoms with Crippen molar-refractivity contribution >= 4 is 17.7 Å². The number of aliphatic hydroxyl groups excluding tert-OH is 1. The smallest absolute Gasteiger partial charge is 0.233 e. The SMILES string of the molecule is O=C(CSc1nc(CO)cn1Cc1ccc(F)cc1)N1CCCCCC1. The molecule has 0 radical (unpaired) electrons. The summed E-state index contributed by atoms with van der Waals surface area (Å²) >= 11 is 1.39. The number of nitrogens with zero attached hydrogens (tertiary/aromatic N) is 3. The second-order valence-electron chi connectivity index (χ2n) is 6.51. The molecule has 1 aliphatic heterocycles. The van der Waals surface area contributed by atoms with E-state index >= 15 is 0 Å². The number of thioether (sulfide) groups is 1. The highest BCUT2D eigenvalue weighted by molar-refractivity contribution is 7.99. The van der Waals surface area contributed by atoms with Gasteiger partial charge < -0.3 is 14.6 Å². The number of amides is 1. The highest BCUT2D eigenvalue weighted by Crippen LogP contribution is 2.21. The van der Waals surface area contributed by atoms with Crippen LogP contribution >= 0.6 is 11.8 Å². The number of carbonyl (C=O) groups excluding carboxylic acids is 1. The second kappa shape index (κ2) is 9.19. The summed E-state index contributed by atoms with van der Waals surface area (Å²) in [5.41, 5.74) is 1.51. The lowest BCUT2D eigenvalue weighted by Crippen LogP contribution is -2.33. The molecule has 5 nitrogen and oxygen atoms in total. The Morgan fingerprint density at radius 2 is 1.85 bits per heavy atom. The van der Waals surface area contributed by atoms with E-state index in [2.05, 4.69) is 4.98 Å². The van der Waals surface area contributed by atoms with Crippen LogP contribution in [0, 0.1) is 5.82 Å². The first kappa shape index (κ1) is 18.9. The van der Waals surface area contributed by atoms with Gasteiger partial charge in [-0.25, -0.2) is 9.37 Å². The maximum Gasteiger partial charge on any atom is 0.233 e. The van der Waals surface area contributed by atoms with Gasteiger partial charge in [-0.15, -0.1) is 0 Å². The molecule has 26 heavy (non-hydrogen) atoms. The van der Waals surface area contributed by atoms with Crippen molar-refractivity contribution in [3.63, 3.8) is 0 Å². The third-order valence-electron chi connectivity index (χ3n) is 4.50. The molecule has 2 heterocycles. The van der Waals surface area contributed by atoms with Gasteiger partial charge in [-0.1, -0.05) is 36.7 Å². The van der Waals surface area contributed by atoms with Gasteiger partial charge in [-0.2, -0.15) is 0 Å². The van der Waals surface area contributed by atoms with E-state index in [1.807, 2.05) is 9.47 Å². The number of imidazole rings is 1. The molecule has 2 aromatic rings. The van der Waals surface area contributed by atoms with Gasteiger partial charge in [0.2, 0.25) is 5.91 Å². The Labute approximate surface area is 157 Å². The standard InChI is InChI=1S/C19H24FN3O2S/c20-16-7-5-15(6-8-16)11-23-12-17(13-24)21-19(23)26-14-18(25)22-9-3-1-2-4-10-22/h5-8,12,24H,1-4,9-11,13-14H2. The first-order valence-corrected chi connectivity index (χ1v) is 9.96. The minimum atomic E-state index is -0.270. The monoisotopic (exact) mass is 377 g/mol. The first-order valence-electron chi connectivity index (χ1n) is 8.97. The summed E-state index contributed by atoms with van der Waals surface area (Å²) in [7, 11) is 0. The van der Waals surface area contributed by atoms with Crippen LogP contribution in [0.4, 0.5) is 4.39 Å². The van der Waals surface area contributed by atoms with Crippen LogP contribution in [0.15, 0.2) is 35.6 Å². The fourth-order valence-electron chi connectivity index (χ4n) is 3.08. The zero-order chi connectivity index (χ0) is 18.4. The van der Waals surface area contributed by atoms with Crippen LogP contribution in [-0.2, 0) is 17.9 Å². The molecule has 1 saturated heterocycles. The van der Waals surface area contributed by atoms with Crippen LogP contribution in [0.2, 0.25) is 0 Å². The topological polar surface area (TPSA) is 58.4 Å². The van der Waals surface area contributed by atoms with Crippen LogP contribution in [0.25, 0.3) is 0 Å². The first-order chi connectivity index (χ1) is 12.7. The van der Waals surface area contributed by atoms with Gasteiger partial charge >= 0.3 is 0 Å². The molecule has 1 amide bonds. The van der Waals surface area contributed by atoms with Gasteiger partial charge in [0.05, 0.1) is 18.1 Å². The van der Waals surface area contributed by atoms with Crippen LogP contribution < -0.4 is 0 Å². The Balaban J connectivity index is 1.65. The van der Waals surface area contributed by atoms with E-state index in [1.165, 1.54) is 36.7 Å². The molecule has 3 rings (SSSR count). The van der Waals surface area contributed by atoms with E-state index < -0.39 is 0 Å². The van der Waals surface area contributed by atoms with E-state index in [-0.39, 0.29) is 18.3 Å². The molecule has 1 aromatic carbocycles. The number of benzene rings is 1. The van der Waals surface area contributed by atoms with E-state index in [9.17, 15) is 14.3 Å². The van der Waals surface area contributed by atoms with Crippen molar-refractivity contribution in [3.05, 3.63) is 47.5 Å². The van der Waals surface area contributed by atoms with Crippen LogP contribution in [-0.4, -0.2) is 44.3 Å². The molecule has 1 N–H and O–H groups in total. The number of rotatable bonds is 6. The summed E-state index contributed by atoms with van der Waals surface area (Å²) in [6, 6.07) is 6.30. The van der Waals surface area contributed by atoms with Gasteiger partial charge in [0.15, 0.2) is 5.16 Å². The second-order valence-corrected chi connectivity index (χ2v) is 7.45. The Bertz CT molecular complexity index is 725. The zero-order valence-electron chi connectivity index (χ0n) is 14.7. The van der Waals surface area contributed by atoms with E-state index in [0.717, 1.165) is 31.5 Å².